The van der Waals surface area contributed by atoms with E-state index in [1.807, 2.05) is 30.3 Å². The Morgan fingerprint density at radius 1 is 0.971 bits per heavy atom. The molecule has 0 aromatic heterocycles. The van der Waals surface area contributed by atoms with E-state index in [9.17, 15) is 9.59 Å². The standard InChI is InChI=1S/C25H19Cl3N2O4/c1-33-22-11-16(9-20(28)23(22)34-14-17-7-8-18(26)12-19(17)27)10-21-24(31)30(25(32)29-21)13-15-5-3-2-4-6-15/h2-12H,13-14H2,1H3,(H,29,32)/b21-10+. The van der Waals surface area contributed by atoms with Gasteiger partial charge in [0.05, 0.1) is 18.7 Å². The largest absolute Gasteiger partial charge is 0.493 e. The van der Waals surface area contributed by atoms with Gasteiger partial charge in [-0.05, 0) is 41.5 Å². The van der Waals surface area contributed by atoms with Crippen molar-refractivity contribution in [3.63, 3.8) is 0 Å². The molecule has 0 unspecified atom stereocenters. The Hall–Kier alpha value is -3.19. The first-order chi connectivity index (χ1) is 16.4. The maximum absolute atomic E-state index is 12.8. The highest BCUT2D eigenvalue weighted by molar-refractivity contribution is 6.35. The molecule has 9 heteroatoms. The van der Waals surface area contributed by atoms with Crippen molar-refractivity contribution in [2.24, 2.45) is 0 Å². The molecule has 1 N–H and O–H groups in total. The van der Waals surface area contributed by atoms with Crippen LogP contribution in [-0.2, 0) is 17.9 Å². The summed E-state index contributed by atoms with van der Waals surface area (Å²) in [6, 6.07) is 17.2. The summed E-state index contributed by atoms with van der Waals surface area (Å²) < 4.78 is 11.3. The van der Waals surface area contributed by atoms with Crippen LogP contribution in [0.5, 0.6) is 11.5 Å². The van der Waals surface area contributed by atoms with Crippen molar-refractivity contribution in [3.05, 3.63) is 98.1 Å². The smallest absolute Gasteiger partial charge is 0.329 e. The first kappa shape index (κ1) is 24.0. The molecule has 6 nitrogen and oxygen atoms in total. The van der Waals surface area contributed by atoms with E-state index in [1.54, 1.807) is 36.4 Å². The van der Waals surface area contributed by atoms with Crippen LogP contribution in [0.4, 0.5) is 4.79 Å². The van der Waals surface area contributed by atoms with Crippen LogP contribution in [0.25, 0.3) is 6.08 Å². The number of nitrogens with one attached hydrogen (secondary N) is 1. The van der Waals surface area contributed by atoms with Crippen molar-refractivity contribution >= 4 is 52.8 Å². The van der Waals surface area contributed by atoms with Crippen molar-refractivity contribution in [2.75, 3.05) is 7.11 Å². The second kappa shape index (κ2) is 10.4. The third-order valence-corrected chi connectivity index (χ3v) is 5.96. The fourth-order valence-corrected chi connectivity index (χ4v) is 4.14. The molecule has 3 aromatic carbocycles. The van der Waals surface area contributed by atoms with Crippen LogP contribution < -0.4 is 14.8 Å². The molecule has 1 aliphatic rings. The zero-order valence-electron chi connectivity index (χ0n) is 18.0. The number of carbonyl (C=O) groups excluding carboxylic acids is 2. The van der Waals surface area contributed by atoms with Crippen molar-refractivity contribution in [3.8, 4) is 11.5 Å². The van der Waals surface area contributed by atoms with Gasteiger partial charge in [-0.15, -0.1) is 0 Å². The second-order valence-corrected chi connectivity index (χ2v) is 8.67. The molecule has 1 aliphatic heterocycles. The lowest BCUT2D eigenvalue weighted by molar-refractivity contribution is -0.123. The van der Waals surface area contributed by atoms with Crippen LogP contribution in [-0.4, -0.2) is 23.9 Å². The number of hydrogen-bond acceptors (Lipinski definition) is 4. The van der Waals surface area contributed by atoms with Crippen molar-refractivity contribution in [1.29, 1.82) is 0 Å². The molecule has 0 radical (unpaired) electrons. The highest BCUT2D eigenvalue weighted by Crippen LogP contribution is 2.38. The fraction of sp³-hybridized carbons (Fsp3) is 0.120. The van der Waals surface area contributed by atoms with E-state index in [4.69, 9.17) is 44.3 Å². The van der Waals surface area contributed by atoms with E-state index >= 15 is 0 Å². The number of imide groups is 1. The van der Waals surface area contributed by atoms with Gasteiger partial charge in [0.1, 0.15) is 12.3 Å². The number of urea groups is 1. The summed E-state index contributed by atoms with van der Waals surface area (Å²) in [6.45, 7) is 0.322. The van der Waals surface area contributed by atoms with Gasteiger partial charge in [0, 0.05) is 15.6 Å². The number of ether oxygens (including phenoxy) is 2. The van der Waals surface area contributed by atoms with Gasteiger partial charge in [0.25, 0.3) is 5.91 Å². The molecular weight excluding hydrogens is 499 g/mol. The molecule has 1 fully saturated rings. The molecular formula is C25H19Cl3N2O4. The number of hydrogen-bond donors (Lipinski definition) is 1. The lowest BCUT2D eigenvalue weighted by Gasteiger charge is -2.14. The van der Waals surface area contributed by atoms with E-state index in [0.29, 0.717) is 27.1 Å². The summed E-state index contributed by atoms with van der Waals surface area (Å²) in [5, 5.41) is 3.88. The van der Waals surface area contributed by atoms with Crippen molar-refractivity contribution in [1.82, 2.24) is 10.2 Å². The average Bonchev–Trinajstić information content (AvgIpc) is 3.07. The number of amides is 3. The predicted molar refractivity (Wildman–Crippen MR) is 132 cm³/mol. The molecule has 3 aromatic rings. The molecule has 34 heavy (non-hydrogen) atoms. The third kappa shape index (κ3) is 5.30. The SMILES string of the molecule is COc1cc(/C=C2/NC(=O)N(Cc3ccccc3)C2=O)cc(Cl)c1OCc1ccc(Cl)cc1Cl. The highest BCUT2D eigenvalue weighted by Gasteiger charge is 2.33. The van der Waals surface area contributed by atoms with Gasteiger partial charge in [-0.3, -0.25) is 9.69 Å². The predicted octanol–water partition coefficient (Wildman–Crippen LogP) is 6.33. The molecule has 1 heterocycles. The van der Waals surface area contributed by atoms with E-state index in [2.05, 4.69) is 5.32 Å². The first-order valence-electron chi connectivity index (χ1n) is 10.2. The van der Waals surface area contributed by atoms with Gasteiger partial charge in [-0.1, -0.05) is 71.2 Å². The van der Waals surface area contributed by atoms with Gasteiger partial charge in [0.15, 0.2) is 11.5 Å². The van der Waals surface area contributed by atoms with Crippen LogP contribution in [0.3, 0.4) is 0 Å². The van der Waals surface area contributed by atoms with Gasteiger partial charge >= 0.3 is 6.03 Å². The fourth-order valence-electron chi connectivity index (χ4n) is 3.40. The quantitative estimate of drug-likeness (QED) is 0.294. The van der Waals surface area contributed by atoms with Crippen LogP contribution in [0.2, 0.25) is 15.1 Å². The molecule has 1 saturated heterocycles. The number of rotatable bonds is 7. The van der Waals surface area contributed by atoms with E-state index in [0.717, 1.165) is 16.0 Å². The Balaban J connectivity index is 1.54. The number of nitrogens with zero attached hydrogens (tertiary/aromatic N) is 1. The Labute approximate surface area is 211 Å². The molecule has 4 rings (SSSR count). The average molecular weight is 518 g/mol. The summed E-state index contributed by atoms with van der Waals surface area (Å²) in [5.41, 5.74) is 2.28. The Morgan fingerprint density at radius 2 is 1.74 bits per heavy atom. The molecule has 3 amide bonds. The Bertz CT molecular complexity index is 1280. The summed E-state index contributed by atoms with van der Waals surface area (Å²) in [6.07, 6.45) is 1.54. The lowest BCUT2D eigenvalue weighted by atomic mass is 10.1. The molecule has 0 aliphatic carbocycles. The highest BCUT2D eigenvalue weighted by atomic mass is 35.5. The van der Waals surface area contributed by atoms with Gasteiger partial charge in [0.2, 0.25) is 0 Å². The zero-order chi connectivity index (χ0) is 24.2. The maximum atomic E-state index is 12.8. The normalized spacial score (nSPS) is 14.5. The molecule has 0 spiro atoms. The van der Waals surface area contributed by atoms with Crippen molar-refractivity contribution < 1.29 is 19.1 Å². The topological polar surface area (TPSA) is 67.9 Å². The van der Waals surface area contributed by atoms with Crippen LogP contribution in [0, 0.1) is 0 Å². The van der Waals surface area contributed by atoms with E-state index in [1.165, 1.54) is 7.11 Å². The molecule has 0 atom stereocenters. The minimum absolute atomic E-state index is 0.140. The minimum Gasteiger partial charge on any atom is -0.493 e. The molecule has 0 bridgehead atoms. The van der Waals surface area contributed by atoms with E-state index in [-0.39, 0.29) is 23.9 Å². The first-order valence-corrected chi connectivity index (χ1v) is 11.3. The minimum atomic E-state index is -0.488. The molecule has 174 valence electrons. The maximum Gasteiger partial charge on any atom is 0.329 e. The monoisotopic (exact) mass is 516 g/mol. The Morgan fingerprint density at radius 3 is 2.44 bits per heavy atom. The van der Waals surface area contributed by atoms with E-state index < -0.39 is 11.9 Å². The Kier molecular flexibility index (Phi) is 7.32. The number of methoxy groups -OCH3 is 1. The summed E-state index contributed by atoms with van der Waals surface area (Å²) in [7, 11) is 1.48. The number of halogens is 3. The van der Waals surface area contributed by atoms with Crippen LogP contribution in [0.15, 0.2) is 66.4 Å². The summed E-state index contributed by atoms with van der Waals surface area (Å²) in [5.74, 6) is 0.258. The third-order valence-electron chi connectivity index (χ3n) is 5.10. The number of benzene rings is 3. The lowest BCUT2D eigenvalue weighted by Crippen LogP contribution is -2.30. The van der Waals surface area contributed by atoms with Crippen LogP contribution >= 0.6 is 34.8 Å². The zero-order valence-corrected chi connectivity index (χ0v) is 20.2. The van der Waals surface area contributed by atoms with Gasteiger partial charge in [-0.2, -0.15) is 0 Å². The van der Waals surface area contributed by atoms with Gasteiger partial charge in [-0.25, -0.2) is 4.79 Å². The molecule has 0 saturated carbocycles. The summed E-state index contributed by atoms with van der Waals surface area (Å²) in [4.78, 5) is 26.3. The second-order valence-electron chi connectivity index (χ2n) is 7.42. The number of carbonyl (C=O) groups is 2. The van der Waals surface area contributed by atoms with Crippen molar-refractivity contribution in [2.45, 2.75) is 13.2 Å². The summed E-state index contributed by atoms with van der Waals surface area (Å²) >= 11 is 18.6. The van der Waals surface area contributed by atoms with Crippen LogP contribution in [0.1, 0.15) is 16.7 Å². The van der Waals surface area contributed by atoms with Gasteiger partial charge < -0.3 is 14.8 Å².